The highest BCUT2D eigenvalue weighted by Gasteiger charge is 2.51. The number of aromatic nitrogens is 1. The zero-order chi connectivity index (χ0) is 15.2. The average molecular weight is 300 g/mol. The molecule has 0 unspecified atom stereocenters. The maximum absolute atomic E-state index is 11.3. The lowest BCUT2D eigenvalue weighted by Crippen LogP contribution is -2.39. The second-order valence-electron chi connectivity index (χ2n) is 6.70. The molecule has 4 rings (SSSR count). The minimum absolute atomic E-state index is 0.417. The third-order valence-corrected chi connectivity index (χ3v) is 5.21. The van der Waals surface area contributed by atoms with Crippen LogP contribution >= 0.6 is 0 Å². The number of para-hydroxylation sites is 1. The van der Waals surface area contributed by atoms with Crippen LogP contribution in [0.5, 0.6) is 0 Å². The van der Waals surface area contributed by atoms with Gasteiger partial charge in [-0.3, -0.25) is 4.79 Å². The molecular weight excluding hydrogens is 280 g/mol. The zero-order valence-electron chi connectivity index (χ0n) is 12.5. The van der Waals surface area contributed by atoms with E-state index in [4.69, 9.17) is 4.52 Å². The highest BCUT2D eigenvalue weighted by Crippen LogP contribution is 2.47. The molecule has 1 aliphatic carbocycles. The van der Waals surface area contributed by atoms with Gasteiger partial charge in [0, 0.05) is 17.8 Å². The van der Waals surface area contributed by atoms with E-state index in [2.05, 4.69) is 16.1 Å². The van der Waals surface area contributed by atoms with Crippen LogP contribution in [0.4, 0.5) is 0 Å². The van der Waals surface area contributed by atoms with Crippen LogP contribution in [0.25, 0.3) is 11.0 Å². The molecule has 0 atom stereocenters. The zero-order valence-corrected chi connectivity index (χ0v) is 12.5. The minimum atomic E-state index is -0.628. The summed E-state index contributed by atoms with van der Waals surface area (Å²) in [4.78, 5) is 13.6. The van der Waals surface area contributed by atoms with Crippen LogP contribution in [0.15, 0.2) is 28.8 Å². The van der Waals surface area contributed by atoms with Gasteiger partial charge in [-0.1, -0.05) is 17.3 Å². The van der Waals surface area contributed by atoms with Crippen molar-refractivity contribution in [3.8, 4) is 0 Å². The topological polar surface area (TPSA) is 66.6 Å². The van der Waals surface area contributed by atoms with Crippen LogP contribution in [0, 0.1) is 5.41 Å². The van der Waals surface area contributed by atoms with Gasteiger partial charge in [0.25, 0.3) is 0 Å². The van der Waals surface area contributed by atoms with E-state index in [9.17, 15) is 9.90 Å². The van der Waals surface area contributed by atoms with E-state index >= 15 is 0 Å². The monoisotopic (exact) mass is 300 g/mol. The summed E-state index contributed by atoms with van der Waals surface area (Å²) in [5, 5.41) is 14.7. The number of rotatable bonds is 4. The Labute approximate surface area is 128 Å². The van der Waals surface area contributed by atoms with E-state index in [1.165, 1.54) is 0 Å². The fraction of sp³-hybridized carbons (Fsp3) is 0.529. The molecular formula is C17H20N2O3. The predicted octanol–water partition coefficient (Wildman–Crippen LogP) is 2.87. The summed E-state index contributed by atoms with van der Waals surface area (Å²) in [6.45, 7) is 2.59. The van der Waals surface area contributed by atoms with E-state index in [0.29, 0.717) is 12.5 Å². The summed E-state index contributed by atoms with van der Waals surface area (Å²) in [7, 11) is 0. The Bertz CT molecular complexity index is 697. The van der Waals surface area contributed by atoms with E-state index < -0.39 is 11.4 Å². The number of piperidine rings is 1. The summed E-state index contributed by atoms with van der Waals surface area (Å²) in [5.74, 6) is -0.211. The first-order valence-corrected chi connectivity index (χ1v) is 7.98. The Morgan fingerprint density at radius 1 is 1.32 bits per heavy atom. The number of hydrogen-bond donors (Lipinski definition) is 1. The maximum atomic E-state index is 11.3. The van der Waals surface area contributed by atoms with Crippen molar-refractivity contribution < 1.29 is 14.4 Å². The Balaban J connectivity index is 1.43. The third kappa shape index (κ3) is 2.29. The van der Waals surface area contributed by atoms with Gasteiger partial charge < -0.3 is 14.5 Å². The van der Waals surface area contributed by atoms with Crippen molar-refractivity contribution in [2.24, 2.45) is 5.41 Å². The minimum Gasteiger partial charge on any atom is -0.481 e. The lowest BCUT2D eigenvalue weighted by atomic mass is 9.91. The highest BCUT2D eigenvalue weighted by molar-refractivity contribution is 5.79. The smallest absolute Gasteiger partial charge is 0.310 e. The number of fused-ring (bicyclic) bond motifs is 1. The van der Waals surface area contributed by atoms with Gasteiger partial charge in [-0.25, -0.2) is 0 Å². The van der Waals surface area contributed by atoms with Gasteiger partial charge in [0.1, 0.15) is 0 Å². The van der Waals surface area contributed by atoms with Gasteiger partial charge in [0.15, 0.2) is 5.58 Å². The van der Waals surface area contributed by atoms with E-state index in [1.807, 2.05) is 18.2 Å². The number of hydrogen-bond acceptors (Lipinski definition) is 4. The molecule has 2 fully saturated rings. The molecule has 2 aromatic rings. The molecule has 1 aliphatic heterocycles. The van der Waals surface area contributed by atoms with Crippen LogP contribution in [-0.2, 0) is 4.79 Å². The van der Waals surface area contributed by atoms with E-state index in [0.717, 1.165) is 55.4 Å². The quantitative estimate of drug-likeness (QED) is 0.940. The molecule has 5 heteroatoms. The van der Waals surface area contributed by atoms with Crippen molar-refractivity contribution in [3.63, 3.8) is 0 Å². The van der Waals surface area contributed by atoms with Crippen LogP contribution in [0.3, 0.4) is 0 Å². The fourth-order valence-corrected chi connectivity index (χ4v) is 3.58. The van der Waals surface area contributed by atoms with Crippen molar-refractivity contribution in [2.75, 3.05) is 19.6 Å². The Morgan fingerprint density at radius 3 is 2.73 bits per heavy atom. The van der Waals surface area contributed by atoms with E-state index in [-0.39, 0.29) is 0 Å². The van der Waals surface area contributed by atoms with Gasteiger partial charge in [0.2, 0.25) is 0 Å². The van der Waals surface area contributed by atoms with Crippen molar-refractivity contribution in [2.45, 2.75) is 31.6 Å². The molecule has 0 radical (unpaired) electrons. The fourth-order valence-electron chi connectivity index (χ4n) is 3.58. The number of carbonyl (C=O) groups is 1. The Kier molecular flexibility index (Phi) is 3.18. The molecule has 0 spiro atoms. The van der Waals surface area contributed by atoms with Crippen LogP contribution < -0.4 is 0 Å². The summed E-state index contributed by atoms with van der Waals surface area (Å²) < 4.78 is 5.41. The number of likely N-dealkylation sites (tertiary alicyclic amines) is 1. The molecule has 0 bridgehead atoms. The number of nitrogens with zero attached hydrogens (tertiary/aromatic N) is 2. The summed E-state index contributed by atoms with van der Waals surface area (Å²) in [6.07, 6.45) is 3.70. The predicted molar refractivity (Wildman–Crippen MR) is 81.7 cm³/mol. The third-order valence-electron chi connectivity index (χ3n) is 5.21. The molecule has 2 heterocycles. The first-order valence-electron chi connectivity index (χ1n) is 7.98. The van der Waals surface area contributed by atoms with Gasteiger partial charge >= 0.3 is 5.97 Å². The van der Waals surface area contributed by atoms with Crippen LogP contribution in [0.1, 0.15) is 37.3 Å². The first-order chi connectivity index (χ1) is 10.7. The van der Waals surface area contributed by atoms with Crippen LogP contribution in [-0.4, -0.2) is 40.8 Å². The molecule has 2 aliphatic rings. The van der Waals surface area contributed by atoms with Gasteiger partial charge in [0.05, 0.1) is 11.1 Å². The standard InChI is InChI=1S/C17H20N2O3/c20-16(21)17(7-8-17)11-19-9-5-12(6-10-19)15-13-3-1-2-4-14(13)22-18-15/h1-4,12H,5-11H2,(H,20,21). The lowest BCUT2D eigenvalue weighted by Gasteiger charge is -2.32. The van der Waals surface area contributed by atoms with Gasteiger partial charge in [-0.2, -0.15) is 0 Å². The molecule has 116 valence electrons. The van der Waals surface area contributed by atoms with Crippen molar-refractivity contribution in [3.05, 3.63) is 30.0 Å². The second kappa shape index (κ2) is 5.09. The molecule has 1 aromatic heterocycles. The first kappa shape index (κ1) is 13.8. The van der Waals surface area contributed by atoms with Crippen molar-refractivity contribution in [1.82, 2.24) is 10.1 Å². The Hall–Kier alpha value is -1.88. The molecule has 0 amide bonds. The average Bonchev–Trinajstić information content (AvgIpc) is 3.20. The molecule has 1 N–H and O–H groups in total. The highest BCUT2D eigenvalue weighted by atomic mass is 16.5. The number of aliphatic carboxylic acids is 1. The summed E-state index contributed by atoms with van der Waals surface area (Å²) in [5.41, 5.74) is 1.46. The summed E-state index contributed by atoms with van der Waals surface area (Å²) in [6, 6.07) is 7.99. The Morgan fingerprint density at radius 2 is 2.05 bits per heavy atom. The summed E-state index contributed by atoms with van der Waals surface area (Å²) >= 11 is 0. The van der Waals surface area contributed by atoms with E-state index in [1.54, 1.807) is 0 Å². The number of carboxylic acids is 1. The maximum Gasteiger partial charge on any atom is 0.310 e. The number of carboxylic acid groups (broad SMARTS) is 1. The molecule has 1 saturated heterocycles. The molecule has 1 aromatic carbocycles. The number of benzene rings is 1. The van der Waals surface area contributed by atoms with Gasteiger partial charge in [-0.05, 0) is 50.9 Å². The normalized spacial score (nSPS) is 22.0. The van der Waals surface area contributed by atoms with Crippen molar-refractivity contribution in [1.29, 1.82) is 0 Å². The SMILES string of the molecule is O=C(O)C1(CN2CCC(c3noc4ccccc34)CC2)CC1. The second-order valence-corrected chi connectivity index (χ2v) is 6.70. The largest absolute Gasteiger partial charge is 0.481 e. The molecule has 22 heavy (non-hydrogen) atoms. The van der Waals surface area contributed by atoms with Crippen molar-refractivity contribution >= 4 is 16.9 Å². The van der Waals surface area contributed by atoms with Gasteiger partial charge in [-0.15, -0.1) is 0 Å². The molecule has 5 nitrogen and oxygen atoms in total. The molecule has 1 saturated carbocycles. The lowest BCUT2D eigenvalue weighted by molar-refractivity contribution is -0.144. The van der Waals surface area contributed by atoms with Crippen LogP contribution in [0.2, 0.25) is 0 Å².